The average molecular weight is 275 g/mol. The van der Waals surface area contributed by atoms with Gasteiger partial charge in [-0.05, 0) is 25.5 Å². The maximum atomic E-state index is 13.6. The fraction of sp³-hybridized carbons (Fsp3) is 0.438. The Bertz CT molecular complexity index is 561. The van der Waals surface area contributed by atoms with Gasteiger partial charge < -0.3 is 5.32 Å². The lowest BCUT2D eigenvalue weighted by atomic mass is 10.2. The molecule has 0 aliphatic heterocycles. The van der Waals surface area contributed by atoms with Crippen LogP contribution in [0.3, 0.4) is 0 Å². The third-order valence-electron chi connectivity index (χ3n) is 3.21. The van der Waals surface area contributed by atoms with Gasteiger partial charge in [-0.25, -0.2) is 4.39 Å². The highest BCUT2D eigenvalue weighted by molar-refractivity contribution is 5.20. The average Bonchev–Trinajstić information content (AvgIpc) is 2.72. The molecular formula is C16H22FN3. The molecule has 1 aromatic carbocycles. The minimum absolute atomic E-state index is 0.180. The molecule has 0 bridgehead atoms. The molecular weight excluding hydrogens is 253 g/mol. The van der Waals surface area contributed by atoms with Crippen molar-refractivity contribution in [1.29, 1.82) is 0 Å². The van der Waals surface area contributed by atoms with Gasteiger partial charge in [0.1, 0.15) is 5.82 Å². The first-order valence-electron chi connectivity index (χ1n) is 7.03. The Labute approximate surface area is 119 Å². The molecule has 108 valence electrons. The van der Waals surface area contributed by atoms with Crippen molar-refractivity contribution in [2.75, 3.05) is 6.54 Å². The van der Waals surface area contributed by atoms with Crippen molar-refractivity contribution in [3.05, 3.63) is 53.1 Å². The van der Waals surface area contributed by atoms with E-state index in [0.29, 0.717) is 18.0 Å². The Morgan fingerprint density at radius 2 is 2.00 bits per heavy atom. The van der Waals surface area contributed by atoms with Gasteiger partial charge in [0.15, 0.2) is 0 Å². The third kappa shape index (κ3) is 3.90. The van der Waals surface area contributed by atoms with E-state index < -0.39 is 0 Å². The molecule has 1 heterocycles. The standard InChI is InChI=1S/C16H22FN3/c1-12(2)8-18-9-15-11-20(19-13(15)3)10-14-6-4-5-7-16(14)17/h4-7,11-12,18H,8-10H2,1-3H3. The van der Waals surface area contributed by atoms with E-state index in [0.717, 1.165) is 18.8 Å². The molecule has 2 rings (SSSR count). The van der Waals surface area contributed by atoms with Crippen molar-refractivity contribution in [3.8, 4) is 0 Å². The van der Waals surface area contributed by atoms with E-state index in [1.807, 2.05) is 19.2 Å². The summed E-state index contributed by atoms with van der Waals surface area (Å²) in [4.78, 5) is 0. The monoisotopic (exact) mass is 275 g/mol. The van der Waals surface area contributed by atoms with E-state index >= 15 is 0 Å². The molecule has 0 spiro atoms. The smallest absolute Gasteiger partial charge is 0.128 e. The van der Waals surface area contributed by atoms with Crippen LogP contribution >= 0.6 is 0 Å². The molecule has 4 heteroatoms. The second kappa shape index (κ2) is 6.66. The van der Waals surface area contributed by atoms with Gasteiger partial charge in [-0.1, -0.05) is 32.0 Å². The number of benzene rings is 1. The normalized spacial score (nSPS) is 11.2. The van der Waals surface area contributed by atoms with Crippen molar-refractivity contribution >= 4 is 0 Å². The molecule has 0 radical (unpaired) electrons. The van der Waals surface area contributed by atoms with Crippen LogP contribution in [0.1, 0.15) is 30.7 Å². The Morgan fingerprint density at radius 3 is 2.70 bits per heavy atom. The summed E-state index contributed by atoms with van der Waals surface area (Å²) in [6.07, 6.45) is 2.00. The lowest BCUT2D eigenvalue weighted by Gasteiger charge is -2.06. The summed E-state index contributed by atoms with van der Waals surface area (Å²) in [6.45, 7) is 8.62. The van der Waals surface area contributed by atoms with Crippen LogP contribution in [0.5, 0.6) is 0 Å². The van der Waals surface area contributed by atoms with Crippen LogP contribution in [-0.4, -0.2) is 16.3 Å². The van der Waals surface area contributed by atoms with Crippen molar-refractivity contribution in [3.63, 3.8) is 0 Å². The molecule has 0 unspecified atom stereocenters. The van der Waals surface area contributed by atoms with Gasteiger partial charge >= 0.3 is 0 Å². The van der Waals surface area contributed by atoms with E-state index in [4.69, 9.17) is 0 Å². The van der Waals surface area contributed by atoms with Gasteiger partial charge in [-0.2, -0.15) is 5.10 Å². The molecule has 0 fully saturated rings. The summed E-state index contributed by atoms with van der Waals surface area (Å²) in [5, 5.41) is 7.86. The highest BCUT2D eigenvalue weighted by Crippen LogP contribution is 2.11. The second-order valence-corrected chi connectivity index (χ2v) is 5.55. The molecule has 3 nitrogen and oxygen atoms in total. The lowest BCUT2D eigenvalue weighted by Crippen LogP contribution is -2.19. The van der Waals surface area contributed by atoms with Crippen LogP contribution < -0.4 is 5.32 Å². The van der Waals surface area contributed by atoms with Gasteiger partial charge in [0.05, 0.1) is 12.2 Å². The highest BCUT2D eigenvalue weighted by atomic mass is 19.1. The maximum Gasteiger partial charge on any atom is 0.128 e. The molecule has 20 heavy (non-hydrogen) atoms. The van der Waals surface area contributed by atoms with Crippen LogP contribution in [0.25, 0.3) is 0 Å². The number of hydrogen-bond donors (Lipinski definition) is 1. The summed E-state index contributed by atoms with van der Waals surface area (Å²) in [5.41, 5.74) is 2.83. The SMILES string of the molecule is Cc1nn(Cc2ccccc2F)cc1CNCC(C)C. The van der Waals surface area contributed by atoms with E-state index in [1.165, 1.54) is 11.6 Å². The second-order valence-electron chi connectivity index (χ2n) is 5.55. The first-order chi connectivity index (χ1) is 9.56. The van der Waals surface area contributed by atoms with E-state index in [2.05, 4.69) is 24.3 Å². The van der Waals surface area contributed by atoms with Crippen molar-refractivity contribution in [1.82, 2.24) is 15.1 Å². The zero-order chi connectivity index (χ0) is 14.5. The first kappa shape index (κ1) is 14.7. The quantitative estimate of drug-likeness (QED) is 0.878. The van der Waals surface area contributed by atoms with E-state index in [1.54, 1.807) is 16.8 Å². The molecule has 0 amide bonds. The third-order valence-corrected chi connectivity index (χ3v) is 3.21. The highest BCUT2D eigenvalue weighted by Gasteiger charge is 2.07. The molecule has 0 aliphatic carbocycles. The van der Waals surface area contributed by atoms with Gasteiger partial charge in [0, 0.05) is 23.9 Å². The predicted molar refractivity (Wildman–Crippen MR) is 79.0 cm³/mol. The predicted octanol–water partition coefficient (Wildman–Crippen LogP) is 3.12. The number of rotatable bonds is 6. The number of aryl methyl sites for hydroxylation is 1. The zero-order valence-electron chi connectivity index (χ0n) is 12.4. The first-order valence-corrected chi connectivity index (χ1v) is 7.03. The Balaban J connectivity index is 2.02. The zero-order valence-corrected chi connectivity index (χ0v) is 12.4. The van der Waals surface area contributed by atoms with Crippen LogP contribution in [0.4, 0.5) is 4.39 Å². The number of nitrogens with zero attached hydrogens (tertiary/aromatic N) is 2. The topological polar surface area (TPSA) is 29.9 Å². The molecule has 0 saturated carbocycles. The minimum atomic E-state index is -0.180. The van der Waals surface area contributed by atoms with Crippen LogP contribution in [0, 0.1) is 18.7 Å². The Kier molecular flexibility index (Phi) is 4.90. The molecule has 1 N–H and O–H groups in total. The molecule has 0 saturated heterocycles. The molecule has 0 atom stereocenters. The van der Waals surface area contributed by atoms with E-state index in [9.17, 15) is 4.39 Å². The van der Waals surface area contributed by atoms with Crippen LogP contribution in [-0.2, 0) is 13.1 Å². The molecule has 2 aromatic rings. The fourth-order valence-corrected chi connectivity index (χ4v) is 2.11. The maximum absolute atomic E-state index is 13.6. The van der Waals surface area contributed by atoms with Gasteiger partial charge in [-0.15, -0.1) is 0 Å². The number of nitrogens with one attached hydrogen (secondary N) is 1. The van der Waals surface area contributed by atoms with Gasteiger partial charge in [-0.3, -0.25) is 4.68 Å². The fourth-order valence-electron chi connectivity index (χ4n) is 2.11. The van der Waals surface area contributed by atoms with Crippen molar-refractivity contribution in [2.24, 2.45) is 5.92 Å². The summed E-state index contributed by atoms with van der Waals surface area (Å²) in [5.74, 6) is 0.448. The van der Waals surface area contributed by atoms with Crippen molar-refractivity contribution < 1.29 is 4.39 Å². The Hall–Kier alpha value is -1.68. The lowest BCUT2D eigenvalue weighted by molar-refractivity contribution is 0.551. The number of aromatic nitrogens is 2. The summed E-state index contributed by atoms with van der Waals surface area (Å²) < 4.78 is 15.4. The van der Waals surface area contributed by atoms with Crippen molar-refractivity contribution in [2.45, 2.75) is 33.9 Å². The number of hydrogen-bond acceptors (Lipinski definition) is 2. The summed E-state index contributed by atoms with van der Waals surface area (Å²) in [6, 6.07) is 6.83. The molecule has 0 aliphatic rings. The number of halogens is 1. The van der Waals surface area contributed by atoms with Crippen LogP contribution in [0.2, 0.25) is 0 Å². The Morgan fingerprint density at radius 1 is 1.25 bits per heavy atom. The summed E-state index contributed by atoms with van der Waals surface area (Å²) >= 11 is 0. The van der Waals surface area contributed by atoms with Gasteiger partial charge in [0.2, 0.25) is 0 Å². The molecule has 1 aromatic heterocycles. The van der Waals surface area contributed by atoms with E-state index in [-0.39, 0.29) is 5.82 Å². The summed E-state index contributed by atoms with van der Waals surface area (Å²) in [7, 11) is 0. The van der Waals surface area contributed by atoms with Crippen LogP contribution in [0.15, 0.2) is 30.5 Å². The largest absolute Gasteiger partial charge is 0.312 e. The minimum Gasteiger partial charge on any atom is -0.312 e. The van der Waals surface area contributed by atoms with Gasteiger partial charge in [0.25, 0.3) is 0 Å².